The SMILES string of the molecule is CC[C@H](C)[C@H](NC(=O)[C@H]1CCCCN1C)C(=O)N(C)[C@H](C[C@@H](OC(C)=O)c1nc(C(=O)N[C@@H](Cc2ccc(OP(=O)(O)O)c(C)c2)CC(C)C(=O)O)cs1)C(C)C. The van der Waals surface area contributed by atoms with Gasteiger partial charge >= 0.3 is 19.8 Å². The van der Waals surface area contributed by atoms with Gasteiger partial charge in [0.05, 0.1) is 12.0 Å². The van der Waals surface area contributed by atoms with E-state index in [1.807, 2.05) is 39.6 Å². The molecule has 1 aliphatic heterocycles. The van der Waals surface area contributed by atoms with E-state index in [-0.39, 0.29) is 60.4 Å². The molecule has 1 aliphatic rings. The van der Waals surface area contributed by atoms with Crippen molar-refractivity contribution < 1.29 is 52.7 Å². The maximum Gasteiger partial charge on any atom is 0.524 e. The molecular weight excluding hydrogens is 777 g/mol. The van der Waals surface area contributed by atoms with Gasteiger partial charge in [0.2, 0.25) is 11.8 Å². The number of thiazole rings is 1. The van der Waals surface area contributed by atoms with E-state index >= 15 is 0 Å². The van der Waals surface area contributed by atoms with Crippen LogP contribution < -0.4 is 15.2 Å². The molecule has 0 aliphatic carbocycles. The van der Waals surface area contributed by atoms with E-state index in [4.69, 9.17) is 9.26 Å². The van der Waals surface area contributed by atoms with Crippen LogP contribution in [0.2, 0.25) is 0 Å². The maximum absolute atomic E-state index is 14.2. The molecule has 2 aromatic rings. The summed E-state index contributed by atoms with van der Waals surface area (Å²) in [5.74, 6) is -3.70. The largest absolute Gasteiger partial charge is 0.524 e. The molecule has 7 atom stereocenters. The molecule has 5 N–H and O–H groups in total. The second-order valence-electron chi connectivity index (χ2n) is 15.6. The number of likely N-dealkylation sites (N-methyl/N-ethyl adjacent to an activating group) is 2. The standard InChI is InChI=1S/C39H60N5O11PS/c1-10-23(4)34(42-36(47)30-13-11-12-16-43(30)8)38(48)44(9)31(22(2)3)20-33(54-26(7)45)37-41-29(21-57-37)35(46)40-28(18-25(6)39(49)50)19-27-14-15-32(24(5)17-27)55-56(51,52)53/h14-15,17,21-23,25,28,30-31,33-34H,10-13,16,18-20H2,1-9H3,(H,40,46)(H,42,47)(H,49,50)(H2,51,52,53)/t23-,25?,28+,30+,31+,33+,34-/m0/s1. The number of carbonyl (C=O) groups is 5. The number of hydrogen-bond donors (Lipinski definition) is 5. The highest BCUT2D eigenvalue weighted by Crippen LogP contribution is 2.39. The average molecular weight is 838 g/mol. The first-order chi connectivity index (χ1) is 26.6. The van der Waals surface area contributed by atoms with Crippen molar-refractivity contribution in [2.45, 2.75) is 124 Å². The Labute approximate surface area is 339 Å². The number of esters is 1. The lowest BCUT2D eigenvalue weighted by Crippen LogP contribution is -2.58. The molecule has 18 heteroatoms. The average Bonchev–Trinajstić information content (AvgIpc) is 3.62. The highest BCUT2D eigenvalue weighted by Gasteiger charge is 2.37. The lowest BCUT2D eigenvalue weighted by molar-refractivity contribution is -0.149. The van der Waals surface area contributed by atoms with E-state index in [9.17, 15) is 43.4 Å². The first-order valence-corrected chi connectivity index (χ1v) is 21.8. The molecule has 318 valence electrons. The summed E-state index contributed by atoms with van der Waals surface area (Å²) in [5, 5.41) is 17.4. The zero-order chi connectivity index (χ0) is 42.8. The van der Waals surface area contributed by atoms with Crippen molar-refractivity contribution in [3.63, 3.8) is 0 Å². The van der Waals surface area contributed by atoms with Crippen LogP contribution in [0, 0.1) is 24.7 Å². The number of rotatable bonds is 20. The molecule has 1 aromatic heterocycles. The van der Waals surface area contributed by atoms with Gasteiger partial charge in [0.1, 0.15) is 22.5 Å². The van der Waals surface area contributed by atoms with Crippen molar-refractivity contribution in [3.8, 4) is 5.75 Å². The zero-order valence-electron chi connectivity index (χ0n) is 34.4. The third kappa shape index (κ3) is 14.2. The lowest BCUT2D eigenvalue weighted by atomic mass is 9.92. The number of amides is 3. The molecule has 0 saturated carbocycles. The first-order valence-electron chi connectivity index (χ1n) is 19.4. The van der Waals surface area contributed by atoms with E-state index in [0.29, 0.717) is 22.6 Å². The van der Waals surface area contributed by atoms with Gasteiger partial charge in [0, 0.05) is 37.9 Å². The van der Waals surface area contributed by atoms with Crippen molar-refractivity contribution in [2.24, 2.45) is 17.8 Å². The van der Waals surface area contributed by atoms with Crippen LogP contribution in [0.4, 0.5) is 0 Å². The summed E-state index contributed by atoms with van der Waals surface area (Å²) in [5.41, 5.74) is 1.13. The van der Waals surface area contributed by atoms with E-state index in [0.717, 1.165) is 37.1 Å². The summed E-state index contributed by atoms with van der Waals surface area (Å²) in [7, 11) is -1.18. The third-order valence-electron chi connectivity index (χ3n) is 10.6. The van der Waals surface area contributed by atoms with Gasteiger partial charge in [-0.25, -0.2) is 9.55 Å². The number of aliphatic carboxylic acids is 1. The normalized spacial score (nSPS) is 18.1. The van der Waals surface area contributed by atoms with Gasteiger partial charge < -0.3 is 29.9 Å². The molecule has 2 heterocycles. The van der Waals surface area contributed by atoms with Gasteiger partial charge in [-0.05, 0) is 75.2 Å². The molecule has 0 bridgehead atoms. The van der Waals surface area contributed by atoms with Gasteiger partial charge in [-0.3, -0.25) is 38.7 Å². The molecule has 1 unspecified atom stereocenters. The summed E-state index contributed by atoms with van der Waals surface area (Å²) in [4.78, 5) is 92.1. The number of nitrogens with zero attached hydrogens (tertiary/aromatic N) is 3. The lowest BCUT2D eigenvalue weighted by Gasteiger charge is -2.38. The summed E-state index contributed by atoms with van der Waals surface area (Å²) < 4.78 is 21.8. The number of carboxylic acids is 1. The Morgan fingerprint density at radius 1 is 1.09 bits per heavy atom. The van der Waals surface area contributed by atoms with E-state index < -0.39 is 55.8 Å². The minimum absolute atomic E-state index is 0.0102. The van der Waals surface area contributed by atoms with Crippen LogP contribution in [0.15, 0.2) is 23.6 Å². The Bertz CT molecular complexity index is 1770. The Morgan fingerprint density at radius 3 is 2.33 bits per heavy atom. The fraction of sp³-hybridized carbons (Fsp3) is 0.641. The first kappa shape index (κ1) is 47.5. The van der Waals surface area contributed by atoms with Gasteiger partial charge in [-0.15, -0.1) is 11.3 Å². The molecule has 1 saturated heterocycles. The quantitative estimate of drug-likeness (QED) is 0.0888. The monoisotopic (exact) mass is 837 g/mol. The van der Waals surface area contributed by atoms with Crippen LogP contribution in [-0.2, 0) is 34.9 Å². The van der Waals surface area contributed by atoms with Gasteiger partial charge in [0.15, 0.2) is 6.10 Å². The number of phosphoric acid groups is 1. The molecule has 1 aromatic carbocycles. The summed E-state index contributed by atoms with van der Waals surface area (Å²) in [6, 6.07) is 2.42. The number of carbonyl (C=O) groups excluding carboxylic acids is 4. The number of phosphoric ester groups is 1. The predicted molar refractivity (Wildman–Crippen MR) is 215 cm³/mol. The van der Waals surface area contributed by atoms with Crippen molar-refractivity contribution in [1.29, 1.82) is 0 Å². The maximum atomic E-state index is 14.2. The number of piperidine rings is 1. The highest BCUT2D eigenvalue weighted by molar-refractivity contribution is 7.46. The number of aryl methyl sites for hydroxylation is 1. The van der Waals surface area contributed by atoms with Crippen LogP contribution in [0.5, 0.6) is 5.75 Å². The topological polar surface area (TPSA) is 225 Å². The van der Waals surface area contributed by atoms with Crippen molar-refractivity contribution in [3.05, 3.63) is 45.4 Å². The molecule has 16 nitrogen and oxygen atoms in total. The number of ether oxygens (including phenoxy) is 1. The molecule has 0 spiro atoms. The third-order valence-corrected chi connectivity index (χ3v) is 12.0. The summed E-state index contributed by atoms with van der Waals surface area (Å²) >= 11 is 1.11. The van der Waals surface area contributed by atoms with E-state index in [2.05, 4.69) is 15.6 Å². The van der Waals surface area contributed by atoms with E-state index in [1.165, 1.54) is 25.3 Å². The number of carboxylic acid groups (broad SMARTS) is 1. The molecule has 3 rings (SSSR count). The summed E-state index contributed by atoms with van der Waals surface area (Å²) in [6.07, 6.45) is 2.86. The Hall–Kier alpha value is -3.89. The van der Waals surface area contributed by atoms with E-state index in [1.54, 1.807) is 31.0 Å². The second kappa shape index (κ2) is 21.2. The molecule has 0 radical (unpaired) electrons. The number of aromatic nitrogens is 1. The Morgan fingerprint density at radius 2 is 1.77 bits per heavy atom. The minimum atomic E-state index is -4.78. The fourth-order valence-corrected chi connectivity index (χ4v) is 8.39. The van der Waals surface area contributed by atoms with Crippen molar-refractivity contribution in [1.82, 2.24) is 25.4 Å². The van der Waals surface area contributed by atoms with Crippen LogP contribution in [-0.4, -0.2) is 104 Å². The van der Waals surface area contributed by atoms with Crippen molar-refractivity contribution >= 4 is 48.8 Å². The van der Waals surface area contributed by atoms with Gasteiger partial charge in [-0.2, -0.15) is 0 Å². The molecule has 57 heavy (non-hydrogen) atoms. The molecule has 1 fully saturated rings. The zero-order valence-corrected chi connectivity index (χ0v) is 36.1. The number of benzene rings is 1. The smallest absolute Gasteiger partial charge is 0.481 e. The Balaban J connectivity index is 1.83. The Kier molecular flexibility index (Phi) is 17.7. The van der Waals surface area contributed by atoms with Crippen LogP contribution in [0.1, 0.15) is 113 Å². The minimum Gasteiger partial charge on any atom is -0.481 e. The van der Waals surface area contributed by atoms with Crippen LogP contribution in [0.25, 0.3) is 0 Å². The molecular formula is C39H60N5O11PS. The van der Waals surface area contributed by atoms with Gasteiger partial charge in [0.25, 0.3) is 5.91 Å². The number of hydrogen-bond acceptors (Lipinski definition) is 11. The summed E-state index contributed by atoms with van der Waals surface area (Å²) in [6.45, 7) is 13.0. The predicted octanol–water partition coefficient (Wildman–Crippen LogP) is 4.87. The van der Waals surface area contributed by atoms with Crippen LogP contribution in [0.3, 0.4) is 0 Å². The van der Waals surface area contributed by atoms with Crippen molar-refractivity contribution in [2.75, 3.05) is 20.6 Å². The molecule has 3 amide bonds. The van der Waals surface area contributed by atoms with Gasteiger partial charge in [-0.1, -0.05) is 59.6 Å². The number of nitrogens with one attached hydrogen (secondary N) is 2. The van der Waals surface area contributed by atoms with Crippen LogP contribution >= 0.6 is 19.2 Å². The fourth-order valence-electron chi connectivity index (χ4n) is 7.09. The highest BCUT2D eigenvalue weighted by atomic mass is 32.1. The second-order valence-corrected chi connectivity index (χ2v) is 17.6. The number of likely N-dealkylation sites (tertiary alicyclic amines) is 1.